The SMILES string of the molecule is CC1=C(F)C2(C)C(F)(F)C(F)(F)C1(F)C2(F)F. The van der Waals surface area contributed by atoms with Crippen LogP contribution in [0.15, 0.2) is 11.4 Å². The third kappa shape index (κ3) is 0.728. The van der Waals surface area contributed by atoms with Gasteiger partial charge in [-0.05, 0) is 13.8 Å². The van der Waals surface area contributed by atoms with Gasteiger partial charge >= 0.3 is 17.8 Å². The molecule has 0 aromatic carbocycles. The molecule has 2 unspecified atom stereocenters. The van der Waals surface area contributed by atoms with E-state index in [1.54, 1.807) is 0 Å². The minimum absolute atomic E-state index is 0.0892. The highest BCUT2D eigenvalue weighted by Gasteiger charge is 3.01. The standard InChI is InChI=1S/C9H6F8/c1-3-4(10)5(2)7(12,13)6(3,11)9(16,17)8(5,14)15/h1-2H3. The Bertz CT molecular complexity index is 398. The van der Waals surface area contributed by atoms with E-state index in [0.29, 0.717) is 6.92 Å². The van der Waals surface area contributed by atoms with E-state index < -0.39 is 40.3 Å². The summed E-state index contributed by atoms with van der Waals surface area (Å²) in [6.07, 6.45) is 0. The highest BCUT2D eigenvalue weighted by atomic mass is 19.3. The molecule has 0 aromatic rings. The van der Waals surface area contributed by atoms with Crippen molar-refractivity contribution in [3.63, 3.8) is 0 Å². The molecule has 1 saturated carbocycles. The molecule has 2 atom stereocenters. The van der Waals surface area contributed by atoms with Crippen LogP contribution in [0.3, 0.4) is 0 Å². The van der Waals surface area contributed by atoms with E-state index in [1.807, 2.05) is 0 Å². The van der Waals surface area contributed by atoms with Gasteiger partial charge in [0.15, 0.2) is 5.41 Å². The van der Waals surface area contributed by atoms with Crippen LogP contribution in [0.25, 0.3) is 0 Å². The lowest BCUT2D eigenvalue weighted by molar-refractivity contribution is -0.258. The second-order valence-electron chi connectivity index (χ2n) is 4.45. The van der Waals surface area contributed by atoms with Gasteiger partial charge in [0.1, 0.15) is 5.83 Å². The molecule has 1 fully saturated rings. The zero-order valence-corrected chi connectivity index (χ0v) is 8.52. The number of allylic oxidation sites excluding steroid dienone is 2. The fourth-order valence-electron chi connectivity index (χ4n) is 2.54. The molecule has 2 aliphatic carbocycles. The zero-order valence-electron chi connectivity index (χ0n) is 8.52. The van der Waals surface area contributed by atoms with E-state index in [4.69, 9.17) is 0 Å². The van der Waals surface area contributed by atoms with Gasteiger partial charge < -0.3 is 0 Å². The third-order valence-corrected chi connectivity index (χ3v) is 3.80. The maximum atomic E-state index is 13.7. The Hall–Kier alpha value is -0.820. The van der Waals surface area contributed by atoms with Crippen molar-refractivity contribution in [3.8, 4) is 0 Å². The smallest absolute Gasteiger partial charge is 0.225 e. The molecule has 0 aliphatic heterocycles. The summed E-state index contributed by atoms with van der Waals surface area (Å²) in [7, 11) is 0. The Morgan fingerprint density at radius 3 is 1.47 bits per heavy atom. The monoisotopic (exact) mass is 266 g/mol. The lowest BCUT2D eigenvalue weighted by Gasteiger charge is -2.35. The summed E-state index contributed by atoms with van der Waals surface area (Å²) in [6.45, 7) is 0.242. The first-order valence-electron chi connectivity index (χ1n) is 4.51. The maximum Gasteiger partial charge on any atom is 0.354 e. The van der Waals surface area contributed by atoms with Gasteiger partial charge in [-0.15, -0.1) is 0 Å². The summed E-state index contributed by atoms with van der Waals surface area (Å²) in [4.78, 5) is 0. The lowest BCUT2D eigenvalue weighted by atomic mass is 9.81. The summed E-state index contributed by atoms with van der Waals surface area (Å²) in [6, 6.07) is 0. The van der Waals surface area contributed by atoms with Crippen LogP contribution in [0.1, 0.15) is 13.8 Å². The van der Waals surface area contributed by atoms with Crippen LogP contribution in [0.4, 0.5) is 35.1 Å². The van der Waals surface area contributed by atoms with Gasteiger partial charge in [-0.3, -0.25) is 0 Å². The minimum atomic E-state index is -5.65. The molecular formula is C9H6F8. The number of hydrogen-bond acceptors (Lipinski definition) is 0. The van der Waals surface area contributed by atoms with Gasteiger partial charge in [0.2, 0.25) is 0 Å². The van der Waals surface area contributed by atoms with Crippen molar-refractivity contribution in [3.05, 3.63) is 11.4 Å². The average Bonchev–Trinajstić information content (AvgIpc) is 2.33. The summed E-state index contributed by atoms with van der Waals surface area (Å²) in [5.74, 6) is -18.6. The van der Waals surface area contributed by atoms with Gasteiger partial charge in [-0.25, -0.2) is 17.6 Å². The quantitative estimate of drug-likeness (QED) is 0.584. The third-order valence-electron chi connectivity index (χ3n) is 3.80. The molecule has 8 heteroatoms. The number of halogens is 8. The van der Waals surface area contributed by atoms with Crippen molar-refractivity contribution < 1.29 is 35.1 Å². The molecule has 2 bridgehead atoms. The second kappa shape index (κ2) is 2.47. The molecule has 0 N–H and O–H groups in total. The molecular weight excluding hydrogens is 260 g/mol. The molecule has 0 aromatic heterocycles. The largest absolute Gasteiger partial charge is 0.354 e. The number of hydrogen-bond donors (Lipinski definition) is 0. The molecule has 0 nitrogen and oxygen atoms in total. The van der Waals surface area contributed by atoms with Gasteiger partial charge in [-0.2, -0.15) is 17.6 Å². The summed E-state index contributed by atoms with van der Waals surface area (Å²) >= 11 is 0. The Balaban J connectivity index is 2.93. The van der Waals surface area contributed by atoms with Gasteiger partial charge in [0.05, 0.1) is 0 Å². The van der Waals surface area contributed by atoms with Crippen molar-refractivity contribution >= 4 is 0 Å². The van der Waals surface area contributed by atoms with Crippen LogP contribution < -0.4 is 0 Å². The molecule has 0 spiro atoms. The predicted octanol–water partition coefficient (Wildman–Crippen LogP) is 3.88. The van der Waals surface area contributed by atoms with E-state index in [2.05, 4.69) is 0 Å². The summed E-state index contributed by atoms with van der Waals surface area (Å²) in [5, 5.41) is 0. The molecule has 0 amide bonds. The van der Waals surface area contributed by atoms with Gasteiger partial charge in [0.25, 0.3) is 5.67 Å². The molecule has 2 aliphatic rings. The van der Waals surface area contributed by atoms with E-state index in [1.165, 1.54) is 0 Å². The van der Waals surface area contributed by atoms with Crippen molar-refractivity contribution in [1.29, 1.82) is 0 Å². The number of alkyl halides is 7. The maximum absolute atomic E-state index is 13.7. The Kier molecular flexibility index (Phi) is 1.83. The first-order chi connectivity index (χ1) is 7.32. The normalized spacial score (nSPS) is 45.5. The van der Waals surface area contributed by atoms with Crippen LogP contribution in [-0.2, 0) is 0 Å². The van der Waals surface area contributed by atoms with E-state index in [-0.39, 0.29) is 6.92 Å². The second-order valence-corrected chi connectivity index (χ2v) is 4.45. The van der Waals surface area contributed by atoms with Crippen molar-refractivity contribution in [2.45, 2.75) is 37.3 Å². The average molecular weight is 266 g/mol. The first-order valence-corrected chi connectivity index (χ1v) is 4.51. The molecule has 0 radical (unpaired) electrons. The van der Waals surface area contributed by atoms with Crippen molar-refractivity contribution in [2.24, 2.45) is 5.41 Å². The molecule has 17 heavy (non-hydrogen) atoms. The van der Waals surface area contributed by atoms with Crippen LogP contribution in [-0.4, -0.2) is 23.4 Å². The van der Waals surface area contributed by atoms with Gasteiger partial charge in [-0.1, -0.05) is 0 Å². The minimum Gasteiger partial charge on any atom is -0.225 e. The fraction of sp³-hybridized carbons (Fsp3) is 0.778. The number of fused-ring (bicyclic) bond motifs is 2. The van der Waals surface area contributed by atoms with Crippen LogP contribution in [0, 0.1) is 5.41 Å². The van der Waals surface area contributed by atoms with Crippen molar-refractivity contribution in [2.75, 3.05) is 0 Å². The zero-order chi connectivity index (χ0) is 13.7. The predicted molar refractivity (Wildman–Crippen MR) is 40.6 cm³/mol. The van der Waals surface area contributed by atoms with Crippen LogP contribution >= 0.6 is 0 Å². The summed E-state index contributed by atoms with van der Waals surface area (Å²) < 4.78 is 107. The Morgan fingerprint density at radius 1 is 0.765 bits per heavy atom. The number of rotatable bonds is 0. The highest BCUT2D eigenvalue weighted by Crippen LogP contribution is 2.79. The molecule has 0 heterocycles. The van der Waals surface area contributed by atoms with Crippen LogP contribution in [0.5, 0.6) is 0 Å². The van der Waals surface area contributed by atoms with Crippen molar-refractivity contribution in [1.82, 2.24) is 0 Å². The van der Waals surface area contributed by atoms with E-state index >= 15 is 0 Å². The first kappa shape index (κ1) is 12.6. The van der Waals surface area contributed by atoms with Crippen LogP contribution in [0.2, 0.25) is 0 Å². The topological polar surface area (TPSA) is 0 Å². The van der Waals surface area contributed by atoms with Gasteiger partial charge in [0, 0.05) is 5.57 Å². The fourth-order valence-corrected chi connectivity index (χ4v) is 2.54. The Labute approximate surface area is 90.3 Å². The molecule has 0 saturated heterocycles. The van der Waals surface area contributed by atoms with E-state index in [9.17, 15) is 35.1 Å². The van der Waals surface area contributed by atoms with E-state index in [0.717, 1.165) is 0 Å². The highest BCUT2D eigenvalue weighted by molar-refractivity contribution is 5.51. The molecule has 98 valence electrons. The lowest BCUT2D eigenvalue weighted by Crippen LogP contribution is -2.56. The molecule has 2 rings (SSSR count). The summed E-state index contributed by atoms with van der Waals surface area (Å²) in [5.41, 5.74) is -10.8. The Morgan fingerprint density at radius 2 is 1.18 bits per heavy atom.